The Bertz CT molecular complexity index is 722. The zero-order chi connectivity index (χ0) is 20.5. The van der Waals surface area contributed by atoms with E-state index >= 15 is 0 Å². The van der Waals surface area contributed by atoms with Crippen LogP contribution < -0.4 is 10.6 Å². The number of urea groups is 1. The normalized spacial score (nSPS) is 20.1. The second-order valence-electron chi connectivity index (χ2n) is 6.92. The minimum absolute atomic E-state index is 0.0119. The zero-order valence-electron chi connectivity index (χ0n) is 14.9. The highest BCUT2D eigenvalue weighted by molar-refractivity contribution is 8.45. The van der Waals surface area contributed by atoms with Crippen molar-refractivity contribution in [2.45, 2.75) is 25.2 Å². The van der Waals surface area contributed by atoms with Gasteiger partial charge in [-0.3, -0.25) is 4.79 Å². The van der Waals surface area contributed by atoms with Gasteiger partial charge in [0.1, 0.15) is 4.90 Å². The molecule has 0 bridgehead atoms. The largest absolute Gasteiger partial charge is 0.356 e. The number of anilines is 1. The maximum atomic E-state index is 12.7. The summed E-state index contributed by atoms with van der Waals surface area (Å²) in [7, 11) is -9.72. The molecule has 3 amide bonds. The molecule has 1 aliphatic heterocycles. The number of rotatable bonds is 5. The molecule has 1 fully saturated rings. The third-order valence-electron chi connectivity index (χ3n) is 4.21. The average molecular weight is 415 g/mol. The maximum absolute atomic E-state index is 12.7. The Kier molecular flexibility index (Phi) is 5.15. The molecule has 2 N–H and O–H groups in total. The molecule has 1 aliphatic rings. The van der Waals surface area contributed by atoms with Crippen LogP contribution in [0.4, 0.5) is 29.9 Å². The van der Waals surface area contributed by atoms with Gasteiger partial charge < -0.3 is 15.5 Å². The van der Waals surface area contributed by atoms with Crippen LogP contribution in [0.2, 0.25) is 0 Å². The molecule has 154 valence electrons. The molecular formula is C16H22F5N3O2S. The third kappa shape index (κ3) is 5.98. The molecule has 2 rings (SSSR count). The molecule has 0 saturated carbocycles. The number of hydrogen-bond donors (Lipinski definition) is 2. The van der Waals surface area contributed by atoms with E-state index in [9.17, 15) is 29.0 Å². The first-order valence-corrected chi connectivity index (χ1v) is 10.3. The third-order valence-corrected chi connectivity index (χ3v) is 5.38. The Hall–Kier alpha value is -2.04. The predicted octanol–water partition coefficient (Wildman–Crippen LogP) is 4.97. The average Bonchev–Trinajstić information content (AvgIpc) is 2.99. The molecule has 5 nitrogen and oxygen atoms in total. The molecule has 0 aliphatic carbocycles. The van der Waals surface area contributed by atoms with E-state index in [1.165, 1.54) is 4.90 Å². The summed E-state index contributed by atoms with van der Waals surface area (Å²) in [5.41, 5.74) is -0.0119. The smallest absolute Gasteiger partial charge is 0.321 e. The van der Waals surface area contributed by atoms with Gasteiger partial charge in [-0.15, -0.1) is 0 Å². The molecular weight excluding hydrogens is 393 g/mol. The van der Waals surface area contributed by atoms with Crippen molar-refractivity contribution in [3.05, 3.63) is 24.3 Å². The molecule has 0 radical (unpaired) electrons. The quantitative estimate of drug-likeness (QED) is 0.667. The van der Waals surface area contributed by atoms with E-state index in [0.717, 1.165) is 12.1 Å². The molecule has 0 aromatic heterocycles. The first-order valence-electron chi connectivity index (χ1n) is 8.33. The summed E-state index contributed by atoms with van der Waals surface area (Å²) in [6.07, 6.45) is 0.676. The van der Waals surface area contributed by atoms with Gasteiger partial charge in [-0.05, 0) is 36.6 Å². The number of hydrogen-bond acceptors (Lipinski definition) is 2. The lowest BCUT2D eigenvalue weighted by Gasteiger charge is -2.40. The van der Waals surface area contributed by atoms with Gasteiger partial charge in [-0.25, -0.2) is 4.79 Å². The SMILES string of the molecule is CC(C)C(=O)NCC1CCN(C(=O)Nc2ccc(S(F)(F)(F)(F)F)cc2)C1. The Balaban J connectivity index is 1.90. The molecule has 1 heterocycles. The van der Waals surface area contributed by atoms with Crippen LogP contribution in [0.15, 0.2) is 29.2 Å². The highest BCUT2D eigenvalue weighted by Crippen LogP contribution is 3.02. The Morgan fingerprint density at radius 1 is 1.15 bits per heavy atom. The van der Waals surface area contributed by atoms with Crippen molar-refractivity contribution in [1.29, 1.82) is 0 Å². The van der Waals surface area contributed by atoms with Crippen LogP contribution in [0.1, 0.15) is 20.3 Å². The van der Waals surface area contributed by atoms with E-state index in [4.69, 9.17) is 0 Å². The number of nitrogens with zero attached hydrogens (tertiary/aromatic N) is 1. The van der Waals surface area contributed by atoms with E-state index in [2.05, 4.69) is 10.6 Å². The number of carbonyl (C=O) groups excluding carboxylic acids is 2. The van der Waals surface area contributed by atoms with Gasteiger partial charge in [0.2, 0.25) is 5.91 Å². The van der Waals surface area contributed by atoms with Crippen LogP contribution in [0.5, 0.6) is 0 Å². The molecule has 11 heteroatoms. The molecule has 0 spiro atoms. The lowest BCUT2D eigenvalue weighted by Crippen LogP contribution is -2.36. The highest BCUT2D eigenvalue weighted by atomic mass is 32.5. The number of benzene rings is 1. The molecule has 27 heavy (non-hydrogen) atoms. The summed E-state index contributed by atoms with van der Waals surface area (Å²) in [4.78, 5) is 23.2. The van der Waals surface area contributed by atoms with Crippen LogP contribution in [0.25, 0.3) is 0 Å². The molecule has 1 aromatic carbocycles. The van der Waals surface area contributed by atoms with Crippen LogP contribution in [0, 0.1) is 11.8 Å². The van der Waals surface area contributed by atoms with Crippen molar-refractivity contribution >= 4 is 27.8 Å². The molecule has 1 aromatic rings. The molecule has 1 unspecified atom stereocenters. The summed E-state index contributed by atoms with van der Waals surface area (Å²) in [6.45, 7) is 4.78. The van der Waals surface area contributed by atoms with Crippen molar-refractivity contribution in [3.8, 4) is 0 Å². The molecule has 1 atom stereocenters. The minimum atomic E-state index is -9.72. The molecule has 1 saturated heterocycles. The first-order chi connectivity index (χ1) is 12.2. The van der Waals surface area contributed by atoms with Crippen LogP contribution in [0.3, 0.4) is 0 Å². The van der Waals surface area contributed by atoms with Crippen molar-refractivity contribution in [2.75, 3.05) is 25.0 Å². The van der Waals surface area contributed by atoms with Gasteiger partial charge in [-0.1, -0.05) is 33.3 Å². The topological polar surface area (TPSA) is 61.4 Å². The van der Waals surface area contributed by atoms with Crippen molar-refractivity contribution in [1.82, 2.24) is 10.2 Å². The van der Waals surface area contributed by atoms with Crippen molar-refractivity contribution in [2.24, 2.45) is 11.8 Å². The van der Waals surface area contributed by atoms with Gasteiger partial charge in [0.25, 0.3) is 0 Å². The Labute approximate surface area is 154 Å². The summed E-state index contributed by atoms with van der Waals surface area (Å²) in [5, 5.41) is 5.18. The first kappa shape index (κ1) is 21.3. The standard InChI is InChI=1S/C16H22F5N3O2S/c1-11(2)15(25)22-9-12-7-8-24(10-12)16(26)23-13-3-5-14(6-4-13)27(17,18,19,20)21/h3-6,11-12H,7-10H2,1-2H3,(H,22,25)(H,23,26). The van der Waals surface area contributed by atoms with Crippen LogP contribution in [-0.2, 0) is 4.79 Å². The lowest BCUT2D eigenvalue weighted by atomic mass is 10.1. The zero-order valence-corrected chi connectivity index (χ0v) is 15.7. The van der Waals surface area contributed by atoms with Gasteiger partial charge in [0.05, 0.1) is 0 Å². The number of amides is 3. The maximum Gasteiger partial charge on any atom is 0.321 e. The summed E-state index contributed by atoms with van der Waals surface area (Å²) in [5.74, 6) is -0.143. The highest BCUT2D eigenvalue weighted by Gasteiger charge is 2.65. The summed E-state index contributed by atoms with van der Waals surface area (Å²) < 4.78 is 63.4. The fraction of sp³-hybridized carbons (Fsp3) is 0.500. The second-order valence-corrected chi connectivity index (χ2v) is 9.33. The van der Waals surface area contributed by atoms with E-state index in [1.807, 2.05) is 0 Å². The van der Waals surface area contributed by atoms with Gasteiger partial charge >= 0.3 is 16.3 Å². The van der Waals surface area contributed by atoms with E-state index < -0.39 is 21.2 Å². The Morgan fingerprint density at radius 3 is 2.26 bits per heavy atom. The van der Waals surface area contributed by atoms with Gasteiger partial charge in [-0.2, -0.15) is 0 Å². The van der Waals surface area contributed by atoms with Crippen molar-refractivity contribution in [3.63, 3.8) is 0 Å². The number of nitrogens with one attached hydrogen (secondary N) is 2. The van der Waals surface area contributed by atoms with Crippen molar-refractivity contribution < 1.29 is 29.0 Å². The van der Waals surface area contributed by atoms with E-state index in [-0.39, 0.29) is 35.6 Å². The number of likely N-dealkylation sites (tertiary alicyclic amines) is 1. The minimum Gasteiger partial charge on any atom is -0.356 e. The number of halogens is 5. The summed E-state index contributed by atoms with van der Waals surface area (Å²) >= 11 is 0. The Morgan fingerprint density at radius 2 is 1.74 bits per heavy atom. The fourth-order valence-electron chi connectivity index (χ4n) is 2.63. The monoisotopic (exact) mass is 415 g/mol. The van der Waals surface area contributed by atoms with Crippen LogP contribution >= 0.6 is 10.2 Å². The lowest BCUT2D eigenvalue weighted by molar-refractivity contribution is -0.124. The predicted molar refractivity (Wildman–Crippen MR) is 94.4 cm³/mol. The van der Waals surface area contributed by atoms with E-state index in [1.54, 1.807) is 13.8 Å². The second kappa shape index (κ2) is 6.54. The number of carbonyl (C=O) groups is 2. The van der Waals surface area contributed by atoms with Crippen LogP contribution in [-0.4, -0.2) is 36.5 Å². The fourth-order valence-corrected chi connectivity index (χ4v) is 3.28. The van der Waals surface area contributed by atoms with Gasteiger partial charge in [0.15, 0.2) is 0 Å². The van der Waals surface area contributed by atoms with E-state index in [0.29, 0.717) is 26.1 Å². The van der Waals surface area contributed by atoms with Gasteiger partial charge in [0, 0.05) is 31.2 Å². The summed E-state index contributed by atoms with van der Waals surface area (Å²) in [6, 6.07) is 1.56.